The Morgan fingerprint density at radius 2 is 1.79 bits per heavy atom. The molecule has 2 amide bonds. The number of carbonyl (C=O) groups excluding carboxylic acids is 2. The van der Waals surface area contributed by atoms with Crippen LogP contribution >= 0.6 is 11.6 Å². The van der Waals surface area contributed by atoms with Crippen molar-refractivity contribution in [2.24, 2.45) is 5.92 Å². The summed E-state index contributed by atoms with van der Waals surface area (Å²) in [6.07, 6.45) is -0.333. The molecule has 3 aliphatic rings. The lowest BCUT2D eigenvalue weighted by atomic mass is 9.81. The van der Waals surface area contributed by atoms with Crippen LogP contribution in [0.5, 0.6) is 5.88 Å². The van der Waals surface area contributed by atoms with E-state index in [1.807, 2.05) is 4.90 Å². The number of H-pyrrole nitrogens is 1. The van der Waals surface area contributed by atoms with Crippen molar-refractivity contribution in [1.82, 2.24) is 25.4 Å². The average Bonchev–Trinajstić information content (AvgIpc) is 3.50. The Morgan fingerprint density at radius 3 is 2.38 bits per heavy atom. The molecule has 3 atom stereocenters. The average molecular weight is 570 g/mol. The van der Waals surface area contributed by atoms with Gasteiger partial charge >= 0.3 is 6.18 Å². The predicted octanol–water partition coefficient (Wildman–Crippen LogP) is 4.52. The van der Waals surface area contributed by atoms with E-state index in [4.69, 9.17) is 21.1 Å². The van der Waals surface area contributed by atoms with Gasteiger partial charge in [0.05, 0.1) is 24.0 Å². The fourth-order valence-corrected chi connectivity index (χ4v) is 6.52. The molecule has 2 N–H and O–H groups in total. The molecule has 4 heterocycles. The Balaban J connectivity index is 1.20. The molecular weight excluding hydrogens is 539 g/mol. The normalized spacial score (nSPS) is 28.8. The van der Waals surface area contributed by atoms with Crippen LogP contribution in [0.25, 0.3) is 11.3 Å². The number of nitrogens with one attached hydrogen (secondary N) is 2. The molecule has 2 aromatic heterocycles. The van der Waals surface area contributed by atoms with E-state index in [0.717, 1.165) is 20.0 Å². The van der Waals surface area contributed by atoms with Gasteiger partial charge in [-0.2, -0.15) is 18.3 Å². The lowest BCUT2D eigenvalue weighted by molar-refractivity contribution is -0.280. The zero-order valence-electron chi connectivity index (χ0n) is 21.7. The van der Waals surface area contributed by atoms with Gasteiger partial charge in [-0.1, -0.05) is 11.6 Å². The summed E-state index contributed by atoms with van der Waals surface area (Å²) >= 11 is 6.28. The third-order valence-corrected chi connectivity index (χ3v) is 8.81. The first kappa shape index (κ1) is 27.7. The van der Waals surface area contributed by atoms with Crippen molar-refractivity contribution in [2.45, 2.75) is 81.3 Å². The van der Waals surface area contributed by atoms with Crippen molar-refractivity contribution in [2.75, 3.05) is 14.2 Å². The second-order valence-electron chi connectivity index (χ2n) is 10.6. The maximum Gasteiger partial charge on any atom is 0.417 e. The van der Waals surface area contributed by atoms with Crippen LogP contribution in [0.15, 0.2) is 18.3 Å². The number of alkyl halides is 3. The molecule has 2 saturated heterocycles. The maximum atomic E-state index is 13.5. The minimum absolute atomic E-state index is 0.102. The fraction of sp³-hybridized carbons (Fsp3) is 0.615. The molecule has 5 rings (SSSR count). The molecule has 0 radical (unpaired) electrons. The van der Waals surface area contributed by atoms with Crippen LogP contribution in [0.3, 0.4) is 0 Å². The van der Waals surface area contributed by atoms with Gasteiger partial charge in [0, 0.05) is 42.8 Å². The summed E-state index contributed by atoms with van der Waals surface area (Å²) in [6.45, 7) is 0. The largest absolute Gasteiger partial charge is 0.481 e. The summed E-state index contributed by atoms with van der Waals surface area (Å²) in [7, 11) is 2.59. The molecule has 13 heteroatoms. The highest BCUT2D eigenvalue weighted by Gasteiger charge is 2.56. The van der Waals surface area contributed by atoms with Gasteiger partial charge in [0.1, 0.15) is 0 Å². The van der Waals surface area contributed by atoms with E-state index in [-0.39, 0.29) is 67.2 Å². The highest BCUT2D eigenvalue weighted by Crippen LogP contribution is 2.44. The zero-order chi connectivity index (χ0) is 27.9. The molecular formula is C26H31ClF3N5O4. The van der Waals surface area contributed by atoms with E-state index in [1.165, 1.54) is 13.3 Å². The summed E-state index contributed by atoms with van der Waals surface area (Å²) in [5, 5.41) is 10.4. The molecule has 0 spiro atoms. The smallest absolute Gasteiger partial charge is 0.417 e. The number of nitrogens with zero attached hydrogens (tertiary/aromatic N) is 3. The molecule has 3 fully saturated rings. The quantitative estimate of drug-likeness (QED) is 0.529. The summed E-state index contributed by atoms with van der Waals surface area (Å²) in [5.41, 5.74) is -0.722. The second-order valence-corrected chi connectivity index (χ2v) is 11.0. The van der Waals surface area contributed by atoms with Gasteiger partial charge in [0.25, 0.3) is 5.91 Å². The third kappa shape index (κ3) is 5.20. The molecule has 212 valence electrons. The summed E-state index contributed by atoms with van der Waals surface area (Å²) < 4.78 is 50.4. The fourth-order valence-electron chi connectivity index (χ4n) is 6.31. The molecule has 2 aromatic rings. The SMILES string of the molecule is COc1cc(-c2cc(C(=O)N3[C@@H]4CC[C@H]3C[C@H](C(=O)N[C@H]3CC[C@](OC)(C(F)(F)F)CC3)C4)n[nH]2)c(Cl)cn1. The number of amides is 2. The molecule has 1 aliphatic carbocycles. The molecule has 39 heavy (non-hydrogen) atoms. The number of ether oxygens (including phenoxy) is 2. The van der Waals surface area contributed by atoms with Crippen LogP contribution in [0.2, 0.25) is 5.02 Å². The van der Waals surface area contributed by atoms with E-state index in [1.54, 1.807) is 12.1 Å². The van der Waals surface area contributed by atoms with Crippen LogP contribution in [0, 0.1) is 5.92 Å². The van der Waals surface area contributed by atoms with Gasteiger partial charge in [-0.3, -0.25) is 14.7 Å². The van der Waals surface area contributed by atoms with Crippen molar-refractivity contribution < 1.29 is 32.2 Å². The maximum absolute atomic E-state index is 13.5. The summed E-state index contributed by atoms with van der Waals surface area (Å²) in [4.78, 5) is 32.4. The lowest BCUT2D eigenvalue weighted by Gasteiger charge is -2.41. The van der Waals surface area contributed by atoms with E-state index in [9.17, 15) is 22.8 Å². The molecule has 1 saturated carbocycles. The topological polar surface area (TPSA) is 109 Å². The van der Waals surface area contributed by atoms with Gasteiger partial charge in [-0.05, 0) is 57.4 Å². The van der Waals surface area contributed by atoms with Crippen LogP contribution < -0.4 is 10.1 Å². The van der Waals surface area contributed by atoms with E-state index < -0.39 is 11.8 Å². The van der Waals surface area contributed by atoms with Crippen molar-refractivity contribution in [3.63, 3.8) is 0 Å². The number of hydrogen-bond acceptors (Lipinski definition) is 6. The van der Waals surface area contributed by atoms with Crippen LogP contribution in [-0.4, -0.2) is 76.0 Å². The molecule has 2 bridgehead atoms. The van der Waals surface area contributed by atoms with E-state index in [0.29, 0.717) is 35.0 Å². The highest BCUT2D eigenvalue weighted by atomic mass is 35.5. The molecule has 2 aliphatic heterocycles. The van der Waals surface area contributed by atoms with Crippen molar-refractivity contribution >= 4 is 23.4 Å². The van der Waals surface area contributed by atoms with Crippen molar-refractivity contribution in [3.05, 3.63) is 29.0 Å². The summed E-state index contributed by atoms with van der Waals surface area (Å²) in [5.74, 6) is -0.274. The minimum atomic E-state index is -4.44. The lowest BCUT2D eigenvalue weighted by Crippen LogP contribution is -2.54. The van der Waals surface area contributed by atoms with Gasteiger partial charge in [-0.25, -0.2) is 4.98 Å². The highest BCUT2D eigenvalue weighted by molar-refractivity contribution is 6.33. The Bertz CT molecular complexity index is 1220. The van der Waals surface area contributed by atoms with Crippen molar-refractivity contribution in [3.8, 4) is 17.1 Å². The predicted molar refractivity (Wildman–Crippen MR) is 135 cm³/mol. The Morgan fingerprint density at radius 1 is 1.13 bits per heavy atom. The summed E-state index contributed by atoms with van der Waals surface area (Å²) in [6, 6.07) is 2.78. The molecule has 0 unspecified atom stereocenters. The number of halogens is 4. The first-order valence-corrected chi connectivity index (χ1v) is 13.4. The molecule has 0 aromatic carbocycles. The number of pyridine rings is 1. The number of methoxy groups -OCH3 is 2. The van der Waals surface area contributed by atoms with E-state index in [2.05, 4.69) is 20.5 Å². The zero-order valence-corrected chi connectivity index (χ0v) is 22.4. The number of rotatable bonds is 6. The first-order chi connectivity index (χ1) is 18.5. The van der Waals surface area contributed by atoms with Crippen LogP contribution in [0.4, 0.5) is 13.2 Å². The van der Waals surface area contributed by atoms with Crippen LogP contribution in [-0.2, 0) is 9.53 Å². The number of piperidine rings is 1. The van der Waals surface area contributed by atoms with Crippen LogP contribution in [0.1, 0.15) is 61.9 Å². The van der Waals surface area contributed by atoms with Crippen molar-refractivity contribution in [1.29, 1.82) is 0 Å². The number of fused-ring (bicyclic) bond motifs is 2. The first-order valence-electron chi connectivity index (χ1n) is 13.1. The Hall–Kier alpha value is -2.86. The number of carbonyl (C=O) groups is 2. The second kappa shape index (κ2) is 10.6. The Kier molecular flexibility index (Phi) is 7.53. The third-order valence-electron chi connectivity index (χ3n) is 8.51. The van der Waals surface area contributed by atoms with Gasteiger partial charge < -0.3 is 19.7 Å². The number of aromatic amines is 1. The van der Waals surface area contributed by atoms with E-state index >= 15 is 0 Å². The Labute approximate surface area is 228 Å². The van der Waals surface area contributed by atoms with Gasteiger partial charge in [0.2, 0.25) is 11.8 Å². The monoisotopic (exact) mass is 569 g/mol. The minimum Gasteiger partial charge on any atom is -0.481 e. The van der Waals surface area contributed by atoms with Gasteiger partial charge in [-0.15, -0.1) is 0 Å². The number of aromatic nitrogens is 3. The standard InChI is InChI=1S/C26H31ClF3N5O4/c1-38-22-11-18(19(27)13-31-22)20-12-21(34-33-20)24(37)35-16-3-4-17(35)10-14(9-16)23(36)32-15-5-7-25(39-2,8-6-15)26(28,29)30/h11-17H,3-10H2,1-2H3,(H,32,36)(H,33,34)/t14-,15-,16-,17+,25+. The molecule has 9 nitrogen and oxygen atoms in total. The number of hydrogen-bond donors (Lipinski definition) is 2. The van der Waals surface area contributed by atoms with Gasteiger partial charge in [0.15, 0.2) is 11.3 Å².